The van der Waals surface area contributed by atoms with Gasteiger partial charge in [0.15, 0.2) is 0 Å². The number of benzene rings is 1. The molecule has 1 aromatic carbocycles. The van der Waals surface area contributed by atoms with E-state index in [1.165, 1.54) is 26.0 Å². The van der Waals surface area contributed by atoms with Gasteiger partial charge < -0.3 is 15.0 Å². The van der Waals surface area contributed by atoms with Crippen molar-refractivity contribution in [2.45, 2.75) is 31.8 Å². The molecule has 1 aromatic rings. The van der Waals surface area contributed by atoms with Crippen molar-refractivity contribution in [3.8, 4) is 0 Å². The summed E-state index contributed by atoms with van der Waals surface area (Å²) in [7, 11) is -3.92. The number of aryl methyl sites for hydroxylation is 1. The van der Waals surface area contributed by atoms with Crippen LogP contribution in [-0.4, -0.2) is 43.7 Å². The number of Topliss-reactive ketones (excluding diaryl/α,β-unsaturated/α-hetero) is 1. The van der Waals surface area contributed by atoms with Crippen molar-refractivity contribution in [2.24, 2.45) is 0 Å². The van der Waals surface area contributed by atoms with Crippen LogP contribution in [0.25, 0.3) is 0 Å². The van der Waals surface area contributed by atoms with E-state index in [-0.39, 0.29) is 10.7 Å². The van der Waals surface area contributed by atoms with Gasteiger partial charge in [-0.3, -0.25) is 4.18 Å². The van der Waals surface area contributed by atoms with Gasteiger partial charge in [-0.2, -0.15) is 8.42 Å². The molecule has 20 heavy (non-hydrogen) atoms. The average Bonchev–Trinajstić information content (AvgIpc) is 2.36. The third-order valence-electron chi connectivity index (χ3n) is 1.98. The maximum absolute atomic E-state index is 11.6. The highest BCUT2D eigenvalue weighted by molar-refractivity contribution is 7.86. The number of aliphatic hydroxyl groups is 2. The molecule has 2 N–H and O–H groups in total. The minimum atomic E-state index is -3.92. The summed E-state index contributed by atoms with van der Waals surface area (Å²) in [4.78, 5) is 9.45. The maximum atomic E-state index is 11.6. The Morgan fingerprint density at radius 1 is 1.15 bits per heavy atom. The molecule has 0 radical (unpaired) electrons. The van der Waals surface area contributed by atoms with Crippen LogP contribution in [0.15, 0.2) is 29.2 Å². The Morgan fingerprint density at radius 3 is 1.90 bits per heavy atom. The third-order valence-corrected chi connectivity index (χ3v) is 3.35. The summed E-state index contributed by atoms with van der Waals surface area (Å²) in [6, 6.07) is 6.11. The lowest BCUT2D eigenvalue weighted by molar-refractivity contribution is -0.114. The van der Waals surface area contributed by atoms with E-state index in [2.05, 4.69) is 4.18 Å². The minimum Gasteiger partial charge on any atom is -0.394 e. The predicted molar refractivity (Wildman–Crippen MR) is 73.8 cm³/mol. The topological polar surface area (TPSA) is 101 Å². The van der Waals surface area contributed by atoms with Gasteiger partial charge in [0.1, 0.15) is 11.9 Å². The molecule has 0 unspecified atom stereocenters. The molecule has 0 atom stereocenters. The van der Waals surface area contributed by atoms with Crippen LogP contribution in [0.3, 0.4) is 0 Å². The lowest BCUT2D eigenvalue weighted by Crippen LogP contribution is -2.25. The van der Waals surface area contributed by atoms with Gasteiger partial charge in [0.25, 0.3) is 10.1 Å². The van der Waals surface area contributed by atoms with Crippen LogP contribution in [-0.2, 0) is 19.1 Å². The molecule has 0 spiro atoms. The van der Waals surface area contributed by atoms with E-state index in [1.807, 2.05) is 6.92 Å². The number of carbonyl (C=O) groups excluding carboxylic acids is 1. The predicted octanol–water partition coefficient (Wildman–Crippen LogP) is 0.649. The smallest absolute Gasteiger partial charge is 0.297 e. The SMILES string of the molecule is CC(C)=O.Cc1ccc(S(=O)(=O)OC(CO)CO)cc1. The lowest BCUT2D eigenvalue weighted by atomic mass is 10.2. The number of ketones is 1. The molecule has 0 fully saturated rings. The molecule has 0 aromatic heterocycles. The van der Waals surface area contributed by atoms with Crippen LogP contribution in [0.5, 0.6) is 0 Å². The van der Waals surface area contributed by atoms with Crippen molar-refractivity contribution in [3.63, 3.8) is 0 Å². The Hall–Kier alpha value is -1.28. The highest BCUT2D eigenvalue weighted by atomic mass is 32.2. The fourth-order valence-corrected chi connectivity index (χ4v) is 2.12. The molecule has 0 bridgehead atoms. The zero-order valence-electron chi connectivity index (χ0n) is 11.7. The maximum Gasteiger partial charge on any atom is 0.297 e. The molecule has 6 nitrogen and oxygen atoms in total. The van der Waals surface area contributed by atoms with Crippen molar-refractivity contribution in [1.82, 2.24) is 0 Å². The van der Waals surface area contributed by atoms with Crippen LogP contribution in [0, 0.1) is 6.92 Å². The Bertz CT molecular complexity index is 498. The second-order valence-corrected chi connectivity index (χ2v) is 5.83. The van der Waals surface area contributed by atoms with Gasteiger partial charge in [0.05, 0.1) is 18.1 Å². The number of carbonyl (C=O) groups is 1. The first kappa shape index (κ1) is 18.7. The fraction of sp³-hybridized carbons (Fsp3) is 0.462. The molecule has 0 aliphatic carbocycles. The standard InChI is InChI=1S/C10H14O5S.C3H6O/c1-8-2-4-10(5-3-8)16(13,14)15-9(6-11)7-12;1-3(2)4/h2-5,9,11-12H,6-7H2,1H3;1-2H3. The summed E-state index contributed by atoms with van der Waals surface area (Å²) in [5.41, 5.74) is 0.930. The van der Waals surface area contributed by atoms with Crippen molar-refractivity contribution in [2.75, 3.05) is 13.2 Å². The summed E-state index contributed by atoms with van der Waals surface area (Å²) in [5.74, 6) is 0.167. The van der Waals surface area contributed by atoms with Crippen molar-refractivity contribution >= 4 is 15.9 Å². The zero-order chi connectivity index (χ0) is 15.8. The summed E-state index contributed by atoms with van der Waals surface area (Å²) in [6.45, 7) is 3.78. The average molecular weight is 304 g/mol. The molecule has 0 amide bonds. The van der Waals surface area contributed by atoms with Crippen molar-refractivity contribution in [3.05, 3.63) is 29.8 Å². The molecule has 0 aliphatic rings. The van der Waals surface area contributed by atoms with E-state index in [0.29, 0.717) is 0 Å². The van der Waals surface area contributed by atoms with Crippen LogP contribution < -0.4 is 0 Å². The molecule has 1 rings (SSSR count). The van der Waals surface area contributed by atoms with Gasteiger partial charge in [0.2, 0.25) is 0 Å². The first-order valence-corrected chi connectivity index (χ1v) is 7.32. The highest BCUT2D eigenvalue weighted by Crippen LogP contribution is 2.14. The van der Waals surface area contributed by atoms with Crippen molar-refractivity contribution < 1.29 is 27.6 Å². The summed E-state index contributed by atoms with van der Waals surface area (Å²) in [6.07, 6.45) is -1.12. The van der Waals surface area contributed by atoms with Gasteiger partial charge in [-0.25, -0.2) is 0 Å². The van der Waals surface area contributed by atoms with Crippen LogP contribution in [0.4, 0.5) is 0 Å². The summed E-state index contributed by atoms with van der Waals surface area (Å²) < 4.78 is 27.9. The second kappa shape index (κ2) is 8.80. The van der Waals surface area contributed by atoms with E-state index in [1.54, 1.807) is 12.1 Å². The normalized spacial score (nSPS) is 10.9. The molecule has 0 aliphatic heterocycles. The Labute approximate surface area is 119 Å². The number of rotatable bonds is 5. The van der Waals surface area contributed by atoms with Gasteiger partial charge in [-0.1, -0.05) is 17.7 Å². The van der Waals surface area contributed by atoms with Gasteiger partial charge >= 0.3 is 0 Å². The molecule has 0 saturated carbocycles. The third kappa shape index (κ3) is 7.34. The van der Waals surface area contributed by atoms with Gasteiger partial charge in [-0.15, -0.1) is 0 Å². The number of aliphatic hydroxyl groups excluding tert-OH is 2. The zero-order valence-corrected chi connectivity index (χ0v) is 12.6. The minimum absolute atomic E-state index is 0.00463. The summed E-state index contributed by atoms with van der Waals surface area (Å²) in [5, 5.41) is 17.5. The van der Waals surface area contributed by atoms with E-state index < -0.39 is 29.4 Å². The van der Waals surface area contributed by atoms with Gasteiger partial charge in [-0.05, 0) is 32.9 Å². The van der Waals surface area contributed by atoms with Crippen LogP contribution >= 0.6 is 0 Å². The van der Waals surface area contributed by atoms with Crippen LogP contribution in [0.1, 0.15) is 19.4 Å². The van der Waals surface area contributed by atoms with E-state index in [0.717, 1.165) is 5.56 Å². The van der Waals surface area contributed by atoms with Gasteiger partial charge in [0, 0.05) is 0 Å². The first-order chi connectivity index (χ1) is 9.22. The van der Waals surface area contributed by atoms with Crippen LogP contribution in [0.2, 0.25) is 0 Å². The number of hydrogen-bond donors (Lipinski definition) is 2. The molecule has 0 saturated heterocycles. The Balaban J connectivity index is 0.000000796. The largest absolute Gasteiger partial charge is 0.394 e. The molecule has 114 valence electrons. The highest BCUT2D eigenvalue weighted by Gasteiger charge is 2.20. The molecule has 7 heteroatoms. The first-order valence-electron chi connectivity index (χ1n) is 5.91. The Morgan fingerprint density at radius 2 is 1.55 bits per heavy atom. The molecular formula is C13H20O6S. The molecular weight excluding hydrogens is 284 g/mol. The lowest BCUT2D eigenvalue weighted by Gasteiger charge is -2.12. The second-order valence-electron chi connectivity index (χ2n) is 4.26. The number of hydrogen-bond acceptors (Lipinski definition) is 6. The van der Waals surface area contributed by atoms with E-state index >= 15 is 0 Å². The monoisotopic (exact) mass is 304 g/mol. The quantitative estimate of drug-likeness (QED) is 0.775. The fourth-order valence-electron chi connectivity index (χ4n) is 1.06. The van der Waals surface area contributed by atoms with E-state index in [4.69, 9.17) is 10.2 Å². The molecule has 0 heterocycles. The van der Waals surface area contributed by atoms with E-state index in [9.17, 15) is 13.2 Å². The summed E-state index contributed by atoms with van der Waals surface area (Å²) >= 11 is 0. The van der Waals surface area contributed by atoms with Crippen molar-refractivity contribution in [1.29, 1.82) is 0 Å². The Kier molecular flexibility index (Phi) is 8.24.